The van der Waals surface area contributed by atoms with Gasteiger partial charge in [-0.05, 0) is 48.9 Å². The maximum absolute atomic E-state index is 13.2. The third-order valence-corrected chi connectivity index (χ3v) is 5.32. The molecule has 4 rings (SSSR count). The molecule has 2 aromatic carbocycles. The number of methoxy groups -OCH3 is 1. The van der Waals surface area contributed by atoms with E-state index in [1.54, 1.807) is 30.3 Å². The van der Waals surface area contributed by atoms with Crippen molar-refractivity contribution in [3.05, 3.63) is 58.6 Å². The fourth-order valence-corrected chi connectivity index (χ4v) is 3.78. The van der Waals surface area contributed by atoms with Crippen molar-refractivity contribution < 1.29 is 19.1 Å². The number of carbonyl (C=O) groups is 3. The van der Waals surface area contributed by atoms with Crippen LogP contribution >= 0.6 is 15.9 Å². The van der Waals surface area contributed by atoms with Gasteiger partial charge in [0.05, 0.1) is 18.5 Å². The highest BCUT2D eigenvalue weighted by molar-refractivity contribution is 9.10. The third kappa shape index (κ3) is 2.80. The molecule has 2 atom stereocenters. The lowest BCUT2D eigenvalue weighted by molar-refractivity contribution is -0.133. The van der Waals surface area contributed by atoms with E-state index in [0.717, 1.165) is 14.9 Å². The first-order valence-electron chi connectivity index (χ1n) is 8.58. The Morgan fingerprint density at radius 2 is 1.79 bits per heavy atom. The molecular weight excluding hydrogens is 426 g/mol. The molecule has 1 saturated heterocycles. The van der Waals surface area contributed by atoms with Crippen LogP contribution in [0.2, 0.25) is 0 Å². The number of hydrogen-bond acceptors (Lipinski definition) is 6. The summed E-state index contributed by atoms with van der Waals surface area (Å²) in [4.78, 5) is 39.8. The van der Waals surface area contributed by atoms with E-state index in [1.807, 2.05) is 25.1 Å². The molecule has 2 aliphatic rings. The lowest BCUT2D eigenvalue weighted by Crippen LogP contribution is -2.39. The van der Waals surface area contributed by atoms with E-state index in [0.29, 0.717) is 11.4 Å². The van der Waals surface area contributed by atoms with Gasteiger partial charge in [-0.1, -0.05) is 28.1 Å². The number of rotatable bonds is 3. The second kappa shape index (κ2) is 6.87. The maximum atomic E-state index is 13.2. The number of imide groups is 1. The molecule has 142 valence electrons. The van der Waals surface area contributed by atoms with Crippen LogP contribution in [0.5, 0.6) is 0 Å². The molecule has 0 N–H and O–H groups in total. The summed E-state index contributed by atoms with van der Waals surface area (Å²) in [6, 6.07) is 13.3. The zero-order valence-electron chi connectivity index (χ0n) is 15.1. The highest BCUT2D eigenvalue weighted by Crippen LogP contribution is 2.38. The molecule has 28 heavy (non-hydrogen) atoms. The highest BCUT2D eigenvalue weighted by atomic mass is 79.9. The van der Waals surface area contributed by atoms with E-state index in [-0.39, 0.29) is 5.71 Å². The van der Waals surface area contributed by atoms with Crippen molar-refractivity contribution in [2.24, 2.45) is 11.0 Å². The van der Waals surface area contributed by atoms with Crippen molar-refractivity contribution in [2.45, 2.75) is 13.0 Å². The number of hydrogen-bond donors (Lipinski definition) is 0. The van der Waals surface area contributed by atoms with Crippen LogP contribution in [0.25, 0.3) is 0 Å². The lowest BCUT2D eigenvalue weighted by Gasteiger charge is -2.22. The van der Waals surface area contributed by atoms with E-state index in [4.69, 9.17) is 4.74 Å². The number of amides is 2. The standard InChI is InChI=1S/C20H16BrN3O4/c1-11-4-3-5-14(10-11)24-17-15(16(22-24)20(27)28-2)18(25)23(19(17)26)13-8-6-12(21)7-9-13/h3-10,15,17H,1-2H3/t15-,17+/m0/s1. The van der Waals surface area contributed by atoms with Crippen LogP contribution in [0.15, 0.2) is 58.1 Å². The molecule has 1 fully saturated rings. The van der Waals surface area contributed by atoms with Crippen LogP contribution in [0.3, 0.4) is 0 Å². The molecule has 8 heteroatoms. The zero-order valence-corrected chi connectivity index (χ0v) is 16.7. The van der Waals surface area contributed by atoms with E-state index in [9.17, 15) is 14.4 Å². The number of nitrogens with zero attached hydrogens (tertiary/aromatic N) is 3. The fraction of sp³-hybridized carbons (Fsp3) is 0.200. The van der Waals surface area contributed by atoms with Gasteiger partial charge < -0.3 is 4.74 Å². The minimum absolute atomic E-state index is 0.0630. The molecule has 2 aliphatic heterocycles. The number of hydrazone groups is 1. The highest BCUT2D eigenvalue weighted by Gasteiger charge is 2.59. The van der Waals surface area contributed by atoms with Crippen molar-refractivity contribution in [3.63, 3.8) is 0 Å². The quantitative estimate of drug-likeness (QED) is 0.540. The van der Waals surface area contributed by atoms with Gasteiger partial charge in [0.1, 0.15) is 12.0 Å². The van der Waals surface area contributed by atoms with Gasteiger partial charge in [0, 0.05) is 4.47 Å². The summed E-state index contributed by atoms with van der Waals surface area (Å²) in [5.41, 5.74) is 1.98. The van der Waals surface area contributed by atoms with Gasteiger partial charge in [-0.3, -0.25) is 14.6 Å². The van der Waals surface area contributed by atoms with Gasteiger partial charge in [-0.25, -0.2) is 9.69 Å². The average molecular weight is 442 g/mol. The molecule has 7 nitrogen and oxygen atoms in total. The first kappa shape index (κ1) is 18.4. The maximum Gasteiger partial charge on any atom is 0.355 e. The van der Waals surface area contributed by atoms with Crippen molar-refractivity contribution >= 4 is 50.8 Å². The summed E-state index contributed by atoms with van der Waals surface area (Å²) in [6.45, 7) is 1.91. The van der Waals surface area contributed by atoms with Crippen LogP contribution in [0, 0.1) is 12.8 Å². The fourth-order valence-electron chi connectivity index (χ4n) is 3.52. The molecule has 0 spiro atoms. The van der Waals surface area contributed by atoms with Crippen LogP contribution in [0.1, 0.15) is 5.56 Å². The van der Waals surface area contributed by atoms with Crippen molar-refractivity contribution in [1.29, 1.82) is 0 Å². The molecule has 2 aromatic rings. The van der Waals surface area contributed by atoms with Crippen LogP contribution in [-0.4, -0.2) is 36.6 Å². The normalized spacial score (nSPS) is 21.0. The number of fused-ring (bicyclic) bond motifs is 1. The topological polar surface area (TPSA) is 79.3 Å². The predicted octanol–water partition coefficient (Wildman–Crippen LogP) is 2.66. The number of esters is 1. The number of aryl methyl sites for hydroxylation is 1. The van der Waals surface area contributed by atoms with E-state index in [2.05, 4.69) is 21.0 Å². The first-order chi connectivity index (χ1) is 13.4. The average Bonchev–Trinajstić information content (AvgIpc) is 3.20. The second-order valence-corrected chi connectivity index (χ2v) is 7.49. The van der Waals surface area contributed by atoms with Crippen LogP contribution < -0.4 is 9.91 Å². The Morgan fingerprint density at radius 3 is 2.43 bits per heavy atom. The molecule has 0 aromatic heterocycles. The van der Waals surface area contributed by atoms with Gasteiger partial charge in [-0.2, -0.15) is 5.10 Å². The second-order valence-electron chi connectivity index (χ2n) is 6.57. The molecule has 0 saturated carbocycles. The van der Waals surface area contributed by atoms with Crippen molar-refractivity contribution in [3.8, 4) is 0 Å². The van der Waals surface area contributed by atoms with E-state index >= 15 is 0 Å². The molecule has 2 heterocycles. The number of benzene rings is 2. The van der Waals surface area contributed by atoms with Gasteiger partial charge in [0.15, 0.2) is 5.71 Å². The van der Waals surface area contributed by atoms with Gasteiger partial charge in [0.2, 0.25) is 5.91 Å². The monoisotopic (exact) mass is 441 g/mol. The smallest absolute Gasteiger partial charge is 0.355 e. The van der Waals surface area contributed by atoms with Crippen molar-refractivity contribution in [1.82, 2.24) is 0 Å². The molecule has 0 bridgehead atoms. The number of carbonyl (C=O) groups excluding carboxylic acids is 3. The summed E-state index contributed by atoms with van der Waals surface area (Å²) in [7, 11) is 1.23. The Balaban J connectivity index is 1.81. The van der Waals surface area contributed by atoms with E-state index in [1.165, 1.54) is 12.1 Å². The minimum Gasteiger partial charge on any atom is -0.464 e. The molecular formula is C20H16BrN3O4. The SMILES string of the molecule is COC(=O)C1=NN(c2cccc(C)c2)[C@H]2C(=O)N(c3ccc(Br)cc3)C(=O)[C@@H]12. The summed E-state index contributed by atoms with van der Waals surface area (Å²) in [6.07, 6.45) is 0. The Kier molecular flexibility index (Phi) is 4.50. The van der Waals surface area contributed by atoms with Crippen LogP contribution in [-0.2, 0) is 19.1 Å². The van der Waals surface area contributed by atoms with Gasteiger partial charge >= 0.3 is 5.97 Å². The number of anilines is 2. The Labute approximate surface area is 169 Å². The van der Waals surface area contributed by atoms with Crippen LogP contribution in [0.4, 0.5) is 11.4 Å². The Morgan fingerprint density at radius 1 is 1.07 bits per heavy atom. The largest absolute Gasteiger partial charge is 0.464 e. The third-order valence-electron chi connectivity index (χ3n) is 4.79. The van der Waals surface area contributed by atoms with Gasteiger partial charge in [-0.15, -0.1) is 0 Å². The van der Waals surface area contributed by atoms with Crippen molar-refractivity contribution in [2.75, 3.05) is 17.0 Å². The first-order valence-corrected chi connectivity index (χ1v) is 9.38. The summed E-state index contributed by atoms with van der Waals surface area (Å²) in [5.74, 6) is -2.65. The van der Waals surface area contributed by atoms with Gasteiger partial charge in [0.25, 0.3) is 5.91 Å². The summed E-state index contributed by atoms with van der Waals surface area (Å²) < 4.78 is 5.63. The number of halogens is 1. The Hall–Kier alpha value is -3.00. The molecule has 2 amide bonds. The summed E-state index contributed by atoms with van der Waals surface area (Å²) in [5, 5.41) is 5.74. The zero-order chi connectivity index (χ0) is 20.0. The molecule has 0 radical (unpaired) electrons. The molecule has 0 unspecified atom stereocenters. The predicted molar refractivity (Wildman–Crippen MR) is 107 cm³/mol. The Bertz CT molecular complexity index is 1020. The number of ether oxygens (including phenoxy) is 1. The lowest BCUT2D eigenvalue weighted by atomic mass is 9.97. The molecule has 0 aliphatic carbocycles. The minimum atomic E-state index is -1.01. The van der Waals surface area contributed by atoms with E-state index < -0.39 is 29.7 Å². The summed E-state index contributed by atoms with van der Waals surface area (Å²) >= 11 is 3.34.